The van der Waals surface area contributed by atoms with E-state index in [1.165, 1.54) is 0 Å². The summed E-state index contributed by atoms with van der Waals surface area (Å²) in [5.74, 6) is -0.0729. The zero-order valence-electron chi connectivity index (χ0n) is 23.2. The minimum Gasteiger partial charge on any atom is -0.369 e. The number of aromatic nitrogens is 1. The number of alkyl halides is 6. The highest BCUT2D eigenvalue weighted by Crippen LogP contribution is 2.50. The molecular formula is C30H33F6N5O2. The molecule has 1 unspecified atom stereocenters. The Labute approximate surface area is 245 Å². The predicted molar refractivity (Wildman–Crippen MR) is 148 cm³/mol. The molecular weight excluding hydrogens is 576 g/mol. The van der Waals surface area contributed by atoms with Crippen LogP contribution in [0.15, 0.2) is 73.1 Å². The number of amides is 1. The molecule has 1 fully saturated rings. The quantitative estimate of drug-likeness (QED) is 0.298. The number of hydrogen-bond donors (Lipinski definition) is 3. The summed E-state index contributed by atoms with van der Waals surface area (Å²) in [5, 5.41) is 12.4. The van der Waals surface area contributed by atoms with Gasteiger partial charge >= 0.3 is 12.4 Å². The van der Waals surface area contributed by atoms with Crippen LogP contribution in [-0.2, 0) is 23.5 Å². The first-order valence-electron chi connectivity index (χ1n) is 13.7. The van der Waals surface area contributed by atoms with E-state index in [0.29, 0.717) is 62.4 Å². The van der Waals surface area contributed by atoms with Crippen molar-refractivity contribution in [2.24, 2.45) is 5.73 Å². The highest BCUT2D eigenvalue weighted by atomic mass is 19.4. The Balaban J connectivity index is 1.43. The van der Waals surface area contributed by atoms with Crippen LogP contribution in [-0.4, -0.2) is 76.9 Å². The molecule has 4 rings (SSSR count). The fourth-order valence-corrected chi connectivity index (χ4v) is 5.18. The van der Waals surface area contributed by atoms with Crippen molar-refractivity contribution < 1.29 is 36.2 Å². The second-order valence-electron chi connectivity index (χ2n) is 10.5. The van der Waals surface area contributed by atoms with E-state index in [-0.39, 0.29) is 11.9 Å². The number of rotatable bonds is 10. The van der Waals surface area contributed by atoms with Gasteiger partial charge in [-0.05, 0) is 34.4 Å². The number of nitrogens with one attached hydrogen (secondary N) is 1. The number of pyridine rings is 1. The lowest BCUT2D eigenvalue weighted by Gasteiger charge is -2.41. The van der Waals surface area contributed by atoms with Gasteiger partial charge in [-0.1, -0.05) is 48.5 Å². The van der Waals surface area contributed by atoms with Crippen molar-refractivity contribution in [3.05, 3.63) is 89.7 Å². The number of nitrogens with two attached hydrogens (primary N) is 1. The normalized spacial score (nSPS) is 17.2. The van der Waals surface area contributed by atoms with Crippen molar-refractivity contribution in [1.82, 2.24) is 20.1 Å². The maximum atomic E-state index is 13.2. The second kappa shape index (κ2) is 13.4. The van der Waals surface area contributed by atoms with Crippen molar-refractivity contribution in [2.45, 2.75) is 43.5 Å². The maximum Gasteiger partial charge on any atom is 0.430 e. The number of nitrogens with zero attached hydrogens (tertiary/aromatic N) is 3. The summed E-state index contributed by atoms with van der Waals surface area (Å²) in [6.45, 7) is 4.18. The largest absolute Gasteiger partial charge is 0.430 e. The third kappa shape index (κ3) is 7.71. The molecule has 1 aliphatic rings. The lowest BCUT2D eigenvalue weighted by atomic mass is 9.90. The predicted octanol–water partition coefficient (Wildman–Crippen LogP) is 4.21. The summed E-state index contributed by atoms with van der Waals surface area (Å²) in [7, 11) is 0. The summed E-state index contributed by atoms with van der Waals surface area (Å²) in [5.41, 5.74) is 2.30. The molecule has 0 aliphatic carbocycles. The Kier molecular flexibility index (Phi) is 10.1. The lowest BCUT2D eigenvalue weighted by Crippen LogP contribution is -2.53. The van der Waals surface area contributed by atoms with Crippen LogP contribution in [0.3, 0.4) is 0 Å². The Bertz CT molecular complexity index is 1320. The highest BCUT2D eigenvalue weighted by molar-refractivity contribution is 5.76. The first-order valence-corrected chi connectivity index (χ1v) is 13.7. The number of carbonyl (C=O) groups is 1. The van der Waals surface area contributed by atoms with Crippen molar-refractivity contribution in [2.75, 3.05) is 32.7 Å². The van der Waals surface area contributed by atoms with Gasteiger partial charge < -0.3 is 16.2 Å². The fraction of sp³-hybridized carbons (Fsp3) is 0.400. The number of benzene rings is 2. The summed E-state index contributed by atoms with van der Waals surface area (Å²) < 4.78 is 79.2. The first kappa shape index (κ1) is 32.4. The monoisotopic (exact) mass is 609 g/mol. The molecule has 3 aromatic rings. The summed E-state index contributed by atoms with van der Waals surface area (Å²) in [6, 6.07) is 14.5. The number of hydrogen-bond acceptors (Lipinski definition) is 6. The van der Waals surface area contributed by atoms with Crippen LogP contribution in [0, 0.1) is 0 Å². The topological polar surface area (TPSA) is 94.7 Å². The fourth-order valence-electron chi connectivity index (χ4n) is 5.18. The Morgan fingerprint density at radius 1 is 0.860 bits per heavy atom. The molecule has 4 N–H and O–H groups in total. The Morgan fingerprint density at radius 3 is 1.98 bits per heavy atom. The van der Waals surface area contributed by atoms with Crippen molar-refractivity contribution in [3.63, 3.8) is 0 Å². The number of halogens is 6. The van der Waals surface area contributed by atoms with Crippen molar-refractivity contribution >= 4 is 5.91 Å². The van der Waals surface area contributed by atoms with Gasteiger partial charge in [-0.15, -0.1) is 0 Å². The van der Waals surface area contributed by atoms with E-state index in [9.17, 15) is 36.2 Å². The van der Waals surface area contributed by atoms with Gasteiger partial charge in [-0.25, -0.2) is 0 Å². The van der Waals surface area contributed by atoms with E-state index >= 15 is 0 Å². The first-order chi connectivity index (χ1) is 20.3. The van der Waals surface area contributed by atoms with Crippen molar-refractivity contribution in [1.29, 1.82) is 0 Å². The van der Waals surface area contributed by atoms with Crippen LogP contribution in [0.25, 0.3) is 11.1 Å². The van der Waals surface area contributed by atoms with Gasteiger partial charge in [-0.3, -0.25) is 19.6 Å². The van der Waals surface area contributed by atoms with Gasteiger partial charge in [0.1, 0.15) is 0 Å². The Hall–Kier alpha value is -3.52. The molecule has 1 atom stereocenters. The van der Waals surface area contributed by atoms with Gasteiger partial charge in [0.05, 0.1) is 0 Å². The molecule has 0 spiro atoms. The summed E-state index contributed by atoms with van der Waals surface area (Å²) in [4.78, 5) is 21.1. The van der Waals surface area contributed by atoms with Crippen LogP contribution in [0.1, 0.15) is 23.1 Å². The molecule has 13 heteroatoms. The molecule has 0 radical (unpaired) electrons. The summed E-state index contributed by atoms with van der Waals surface area (Å²) >= 11 is 0. The maximum absolute atomic E-state index is 13.2. The third-order valence-electron chi connectivity index (χ3n) is 7.53. The van der Waals surface area contributed by atoms with Gasteiger partial charge in [0, 0.05) is 76.2 Å². The molecule has 1 aromatic heterocycles. The lowest BCUT2D eigenvalue weighted by molar-refractivity contribution is -0.376. The molecule has 2 heterocycles. The molecule has 2 aromatic carbocycles. The summed E-state index contributed by atoms with van der Waals surface area (Å²) in [6.07, 6.45) is -8.10. The molecule has 43 heavy (non-hydrogen) atoms. The molecule has 0 bridgehead atoms. The van der Waals surface area contributed by atoms with Gasteiger partial charge in [0.15, 0.2) is 0 Å². The van der Waals surface area contributed by atoms with Crippen LogP contribution in [0.4, 0.5) is 26.3 Å². The molecule has 1 saturated heterocycles. The van der Waals surface area contributed by atoms with Gasteiger partial charge in [0.2, 0.25) is 5.91 Å². The van der Waals surface area contributed by atoms with Gasteiger partial charge in [0.25, 0.3) is 5.60 Å². The SMILES string of the molecule is NCCNC(=O)CC1CN(Cc2ccc(-c3ccc(C(O)(C(F)(F)F)C(F)(F)F)cc3)cc2)CCN1Cc1ccncc1. The van der Waals surface area contributed by atoms with E-state index in [1.54, 1.807) is 24.5 Å². The number of aliphatic hydroxyl groups is 1. The zero-order chi connectivity index (χ0) is 31.3. The van der Waals surface area contributed by atoms with Crippen LogP contribution in [0.5, 0.6) is 0 Å². The average Bonchev–Trinajstić information content (AvgIpc) is 2.97. The third-order valence-corrected chi connectivity index (χ3v) is 7.53. The van der Waals surface area contributed by atoms with E-state index < -0.39 is 23.5 Å². The molecule has 1 amide bonds. The van der Waals surface area contributed by atoms with E-state index in [2.05, 4.69) is 20.1 Å². The average molecular weight is 610 g/mol. The van der Waals surface area contributed by atoms with Crippen LogP contribution < -0.4 is 11.1 Å². The Morgan fingerprint density at radius 2 is 1.42 bits per heavy atom. The molecule has 232 valence electrons. The van der Waals surface area contributed by atoms with E-state index in [4.69, 9.17) is 5.73 Å². The van der Waals surface area contributed by atoms with Crippen molar-refractivity contribution in [3.8, 4) is 11.1 Å². The smallest absolute Gasteiger partial charge is 0.369 e. The number of piperazine rings is 1. The molecule has 7 nitrogen and oxygen atoms in total. The molecule has 0 saturated carbocycles. The standard InChI is InChI=1S/C30H33F6N5O2/c31-29(32,33)28(43,30(34,35)36)25-7-5-24(6-8-25)23-3-1-21(2-4-23)18-40-15-16-41(19-22-9-12-38-13-10-22)26(20-40)17-27(42)39-14-11-37/h1-10,12-13,26,43H,11,14-20,37H2,(H,39,42). The van der Waals surface area contributed by atoms with Crippen LogP contribution >= 0.6 is 0 Å². The minimum absolute atomic E-state index is 0.0375. The number of carbonyl (C=O) groups excluding carboxylic acids is 1. The molecule has 1 aliphatic heterocycles. The second-order valence-corrected chi connectivity index (χ2v) is 10.5. The zero-order valence-corrected chi connectivity index (χ0v) is 23.2. The van der Waals surface area contributed by atoms with E-state index in [0.717, 1.165) is 36.3 Å². The van der Waals surface area contributed by atoms with Crippen LogP contribution in [0.2, 0.25) is 0 Å². The van der Waals surface area contributed by atoms with E-state index in [1.807, 2.05) is 24.3 Å². The highest BCUT2D eigenvalue weighted by Gasteiger charge is 2.71. The minimum atomic E-state index is -5.94. The van der Waals surface area contributed by atoms with Gasteiger partial charge in [-0.2, -0.15) is 26.3 Å².